The van der Waals surface area contributed by atoms with Gasteiger partial charge < -0.3 is 14.8 Å². The van der Waals surface area contributed by atoms with Crippen molar-refractivity contribution in [1.82, 2.24) is 0 Å². The molecule has 20 heavy (non-hydrogen) atoms. The SMILES string of the molecule is CCOCCC[NH2+]Cc1c(OC)ccc2ccccc12. The van der Waals surface area contributed by atoms with Crippen LogP contribution in [0.2, 0.25) is 0 Å². The predicted octanol–water partition coefficient (Wildman–Crippen LogP) is 2.34. The third-order valence-corrected chi connectivity index (χ3v) is 3.47. The Bertz CT molecular complexity index is 540. The van der Waals surface area contributed by atoms with Crippen molar-refractivity contribution in [1.29, 1.82) is 0 Å². The van der Waals surface area contributed by atoms with Crippen LogP contribution in [0.5, 0.6) is 5.75 Å². The van der Waals surface area contributed by atoms with Crippen LogP contribution in [0, 0.1) is 0 Å². The minimum absolute atomic E-state index is 0.803. The molecule has 0 heterocycles. The van der Waals surface area contributed by atoms with Gasteiger partial charge >= 0.3 is 0 Å². The first-order valence-corrected chi connectivity index (χ1v) is 7.30. The lowest BCUT2D eigenvalue weighted by molar-refractivity contribution is -0.670. The van der Waals surface area contributed by atoms with Crippen molar-refractivity contribution in [2.75, 3.05) is 26.9 Å². The third kappa shape index (κ3) is 3.71. The molecule has 0 aliphatic heterocycles. The summed E-state index contributed by atoms with van der Waals surface area (Å²) in [5.41, 5.74) is 1.28. The largest absolute Gasteiger partial charge is 0.496 e. The van der Waals surface area contributed by atoms with Crippen molar-refractivity contribution in [3.05, 3.63) is 42.0 Å². The number of ether oxygens (including phenoxy) is 2. The molecule has 0 bridgehead atoms. The van der Waals surface area contributed by atoms with Crippen molar-refractivity contribution >= 4 is 10.8 Å². The van der Waals surface area contributed by atoms with Crippen LogP contribution in [0.4, 0.5) is 0 Å². The Morgan fingerprint density at radius 3 is 2.75 bits per heavy atom. The van der Waals surface area contributed by atoms with E-state index in [9.17, 15) is 0 Å². The Kier molecular flexibility index (Phi) is 5.84. The first kappa shape index (κ1) is 14.8. The molecule has 2 rings (SSSR count). The van der Waals surface area contributed by atoms with Crippen LogP contribution in [-0.2, 0) is 11.3 Å². The highest BCUT2D eigenvalue weighted by Gasteiger charge is 2.09. The molecule has 0 atom stereocenters. The topological polar surface area (TPSA) is 35.1 Å². The van der Waals surface area contributed by atoms with Crippen LogP contribution in [0.25, 0.3) is 10.8 Å². The molecule has 0 aliphatic carbocycles. The Balaban J connectivity index is 2.03. The van der Waals surface area contributed by atoms with Gasteiger partial charge in [-0.05, 0) is 23.8 Å². The van der Waals surface area contributed by atoms with Gasteiger partial charge in [0.1, 0.15) is 12.3 Å². The first-order chi connectivity index (χ1) is 9.86. The monoisotopic (exact) mass is 274 g/mol. The van der Waals surface area contributed by atoms with E-state index in [1.54, 1.807) is 7.11 Å². The number of hydrogen-bond donors (Lipinski definition) is 1. The quantitative estimate of drug-likeness (QED) is 0.750. The predicted molar refractivity (Wildman–Crippen MR) is 82.1 cm³/mol. The molecule has 3 heteroatoms. The fraction of sp³-hybridized carbons (Fsp3) is 0.412. The second-order valence-electron chi connectivity index (χ2n) is 4.80. The molecule has 0 radical (unpaired) electrons. The van der Waals surface area contributed by atoms with E-state index in [-0.39, 0.29) is 0 Å². The fourth-order valence-electron chi connectivity index (χ4n) is 2.44. The van der Waals surface area contributed by atoms with E-state index in [0.717, 1.165) is 38.5 Å². The number of methoxy groups -OCH3 is 1. The van der Waals surface area contributed by atoms with Crippen molar-refractivity contribution in [3.63, 3.8) is 0 Å². The van der Waals surface area contributed by atoms with Gasteiger partial charge in [0.15, 0.2) is 0 Å². The Morgan fingerprint density at radius 2 is 1.95 bits per heavy atom. The van der Waals surface area contributed by atoms with Crippen LogP contribution in [0.1, 0.15) is 18.9 Å². The van der Waals surface area contributed by atoms with E-state index in [1.807, 2.05) is 6.92 Å². The molecule has 0 fully saturated rings. The summed E-state index contributed by atoms with van der Waals surface area (Å²) in [6, 6.07) is 12.7. The van der Waals surface area contributed by atoms with Gasteiger partial charge in [0.25, 0.3) is 0 Å². The number of benzene rings is 2. The number of hydrogen-bond acceptors (Lipinski definition) is 2. The summed E-state index contributed by atoms with van der Waals surface area (Å²) in [7, 11) is 1.74. The second-order valence-corrected chi connectivity index (χ2v) is 4.80. The van der Waals surface area contributed by atoms with E-state index < -0.39 is 0 Å². The van der Waals surface area contributed by atoms with E-state index in [1.165, 1.54) is 16.3 Å². The van der Waals surface area contributed by atoms with E-state index in [4.69, 9.17) is 9.47 Å². The first-order valence-electron chi connectivity index (χ1n) is 7.30. The Labute approximate surface area is 120 Å². The molecule has 108 valence electrons. The normalized spacial score (nSPS) is 10.9. The lowest BCUT2D eigenvalue weighted by atomic mass is 10.0. The molecule has 0 spiro atoms. The van der Waals surface area contributed by atoms with Gasteiger partial charge in [-0.2, -0.15) is 0 Å². The van der Waals surface area contributed by atoms with Gasteiger partial charge in [0.05, 0.1) is 25.8 Å². The molecule has 3 nitrogen and oxygen atoms in total. The van der Waals surface area contributed by atoms with E-state index in [0.29, 0.717) is 0 Å². The molecule has 0 amide bonds. The minimum Gasteiger partial charge on any atom is -0.496 e. The summed E-state index contributed by atoms with van der Waals surface area (Å²) in [5.74, 6) is 0.977. The molecule has 2 aromatic rings. The van der Waals surface area contributed by atoms with Crippen molar-refractivity contribution < 1.29 is 14.8 Å². The number of quaternary nitrogens is 1. The molecule has 0 saturated heterocycles. The van der Waals surface area contributed by atoms with Crippen molar-refractivity contribution in [2.24, 2.45) is 0 Å². The van der Waals surface area contributed by atoms with Crippen LogP contribution in [-0.4, -0.2) is 26.9 Å². The number of rotatable bonds is 8. The Morgan fingerprint density at radius 1 is 1.10 bits per heavy atom. The average molecular weight is 274 g/mol. The van der Waals surface area contributed by atoms with Gasteiger partial charge in [0.2, 0.25) is 0 Å². The zero-order valence-electron chi connectivity index (χ0n) is 12.4. The Hall–Kier alpha value is -1.58. The lowest BCUT2D eigenvalue weighted by Gasteiger charge is -2.11. The van der Waals surface area contributed by atoms with E-state index >= 15 is 0 Å². The third-order valence-electron chi connectivity index (χ3n) is 3.47. The zero-order chi connectivity index (χ0) is 14.2. The van der Waals surface area contributed by atoms with E-state index in [2.05, 4.69) is 41.7 Å². The maximum atomic E-state index is 5.50. The summed E-state index contributed by atoms with van der Waals surface area (Å²) in [6.45, 7) is 5.70. The fourth-order valence-corrected chi connectivity index (χ4v) is 2.44. The van der Waals surface area contributed by atoms with Crippen molar-refractivity contribution in [3.8, 4) is 5.75 Å². The maximum Gasteiger partial charge on any atom is 0.128 e. The van der Waals surface area contributed by atoms with Gasteiger partial charge in [-0.3, -0.25) is 0 Å². The van der Waals surface area contributed by atoms with Crippen LogP contribution in [0.3, 0.4) is 0 Å². The molecule has 2 N–H and O–H groups in total. The highest BCUT2D eigenvalue weighted by molar-refractivity contribution is 5.87. The summed E-state index contributed by atoms with van der Waals surface area (Å²) >= 11 is 0. The van der Waals surface area contributed by atoms with Crippen LogP contribution < -0.4 is 10.1 Å². The molecule has 2 aromatic carbocycles. The molecular formula is C17H24NO2+. The number of fused-ring (bicyclic) bond motifs is 1. The highest BCUT2D eigenvalue weighted by Crippen LogP contribution is 2.26. The smallest absolute Gasteiger partial charge is 0.128 e. The van der Waals surface area contributed by atoms with Gasteiger partial charge in [-0.15, -0.1) is 0 Å². The average Bonchev–Trinajstić information content (AvgIpc) is 2.50. The van der Waals surface area contributed by atoms with Gasteiger partial charge in [-0.25, -0.2) is 0 Å². The summed E-state index contributed by atoms with van der Waals surface area (Å²) < 4.78 is 10.9. The number of nitrogens with two attached hydrogens (primary N) is 1. The van der Waals surface area contributed by atoms with Crippen LogP contribution >= 0.6 is 0 Å². The summed E-state index contributed by atoms with van der Waals surface area (Å²) in [5, 5.41) is 4.88. The molecule has 0 unspecified atom stereocenters. The summed E-state index contributed by atoms with van der Waals surface area (Å²) in [4.78, 5) is 0. The highest BCUT2D eigenvalue weighted by atomic mass is 16.5. The minimum atomic E-state index is 0.803. The van der Waals surface area contributed by atoms with Gasteiger partial charge in [0, 0.05) is 13.0 Å². The molecule has 0 aliphatic rings. The standard InChI is InChI=1S/C17H23NO2/c1-3-20-12-6-11-18-13-16-15-8-5-4-7-14(15)9-10-17(16)19-2/h4-5,7-10,18H,3,6,11-13H2,1-2H3/p+1. The van der Waals surface area contributed by atoms with Crippen LogP contribution in [0.15, 0.2) is 36.4 Å². The van der Waals surface area contributed by atoms with Crippen molar-refractivity contribution in [2.45, 2.75) is 19.9 Å². The molecule has 0 aromatic heterocycles. The second kappa shape index (κ2) is 7.88. The molecular weight excluding hydrogens is 250 g/mol. The lowest BCUT2D eigenvalue weighted by Crippen LogP contribution is -2.82. The summed E-state index contributed by atoms with van der Waals surface area (Å²) in [6.07, 6.45) is 1.08. The maximum absolute atomic E-state index is 5.50. The zero-order valence-corrected chi connectivity index (χ0v) is 12.4. The van der Waals surface area contributed by atoms with Gasteiger partial charge in [-0.1, -0.05) is 30.3 Å². The molecule has 0 saturated carbocycles.